The first-order chi connectivity index (χ1) is 3.66. The Bertz CT molecular complexity index is 108. The molecular weight excluding hydrogens is 144 g/mol. The lowest BCUT2D eigenvalue weighted by atomic mass is 10.3. The van der Waals surface area contributed by atoms with Crippen molar-refractivity contribution in [3.8, 4) is 0 Å². The van der Waals surface area contributed by atoms with E-state index < -0.39 is 5.97 Å². The summed E-state index contributed by atoms with van der Waals surface area (Å²) in [6, 6.07) is 0. The summed E-state index contributed by atoms with van der Waals surface area (Å²) in [4.78, 5) is 20.3. The molecule has 0 aromatic rings. The molecule has 0 rings (SSSR count). The second-order valence-corrected chi connectivity index (χ2v) is 1.45. The third-order valence-corrected chi connectivity index (χ3v) is 0.621. The van der Waals surface area contributed by atoms with Gasteiger partial charge in [0, 0.05) is 0 Å². The van der Waals surface area contributed by atoms with Crippen LogP contribution in [0.4, 0.5) is 0 Å². The molecule has 0 spiro atoms. The molecule has 0 atom stereocenters. The van der Waals surface area contributed by atoms with Crippen LogP contribution in [0.15, 0.2) is 0 Å². The maximum atomic E-state index is 10.2. The third-order valence-electron chi connectivity index (χ3n) is 0.621. The normalized spacial score (nSPS) is 6.00. The average molecular weight is 164 g/mol. The Labute approximate surface area is 69.7 Å². The molecule has 0 radical (unpaired) electrons. The highest BCUT2D eigenvalue weighted by Crippen LogP contribution is 1.83. The summed E-state index contributed by atoms with van der Waals surface area (Å²) in [5.41, 5.74) is 0. The molecule has 0 saturated heterocycles. The summed E-state index contributed by atoms with van der Waals surface area (Å²) in [6.45, 7) is 1.34. The van der Waals surface area contributed by atoms with Gasteiger partial charge >= 0.3 is 5.97 Å². The second kappa shape index (κ2) is 11.9. The molecule has 70 valence electrons. The smallest absolute Gasteiger partial charge is 0.313 e. The van der Waals surface area contributed by atoms with Crippen molar-refractivity contribution < 1.29 is 14.3 Å². The monoisotopic (exact) mass is 164 g/mol. The van der Waals surface area contributed by atoms with Crippen LogP contribution in [0.3, 0.4) is 0 Å². The SMILES string of the molecule is C.C.C.COC(=O)CC(C)=O. The molecular formula is C8H20O3. The van der Waals surface area contributed by atoms with E-state index in [1.807, 2.05) is 0 Å². The number of carbonyl (C=O) groups excluding carboxylic acids is 2. The fourth-order valence-corrected chi connectivity index (χ4v) is 0.275. The van der Waals surface area contributed by atoms with Gasteiger partial charge in [-0.3, -0.25) is 9.59 Å². The minimum Gasteiger partial charge on any atom is -0.469 e. The highest BCUT2D eigenvalue weighted by molar-refractivity contribution is 5.93. The predicted molar refractivity (Wildman–Crippen MR) is 47.5 cm³/mol. The zero-order valence-electron chi connectivity index (χ0n) is 4.93. The molecule has 11 heavy (non-hydrogen) atoms. The van der Waals surface area contributed by atoms with Crippen LogP contribution in [0.1, 0.15) is 35.6 Å². The standard InChI is InChI=1S/C5H8O3.3CH4/c1-4(6)3-5(7)8-2;;;/h3H2,1-2H3;3*1H4. The van der Waals surface area contributed by atoms with E-state index in [4.69, 9.17) is 0 Å². The lowest BCUT2D eigenvalue weighted by molar-refractivity contribution is -0.142. The van der Waals surface area contributed by atoms with Gasteiger partial charge in [-0.15, -0.1) is 0 Å². The van der Waals surface area contributed by atoms with Gasteiger partial charge in [-0.1, -0.05) is 22.3 Å². The van der Waals surface area contributed by atoms with Gasteiger partial charge in [-0.2, -0.15) is 0 Å². The van der Waals surface area contributed by atoms with Gasteiger partial charge in [0.15, 0.2) is 0 Å². The van der Waals surface area contributed by atoms with Gasteiger partial charge in [0.25, 0.3) is 0 Å². The van der Waals surface area contributed by atoms with E-state index in [-0.39, 0.29) is 34.5 Å². The summed E-state index contributed by atoms with van der Waals surface area (Å²) in [7, 11) is 1.26. The second-order valence-electron chi connectivity index (χ2n) is 1.45. The topological polar surface area (TPSA) is 43.4 Å². The van der Waals surface area contributed by atoms with E-state index in [0.717, 1.165) is 0 Å². The van der Waals surface area contributed by atoms with Crippen LogP contribution >= 0.6 is 0 Å². The molecule has 0 fully saturated rings. The first kappa shape index (κ1) is 22.5. The van der Waals surface area contributed by atoms with Crippen LogP contribution in [-0.4, -0.2) is 18.9 Å². The quantitative estimate of drug-likeness (QED) is 0.463. The molecule has 0 N–H and O–H groups in total. The molecule has 0 heterocycles. The number of hydrogen-bond acceptors (Lipinski definition) is 3. The van der Waals surface area contributed by atoms with E-state index in [1.54, 1.807) is 0 Å². The summed E-state index contributed by atoms with van der Waals surface area (Å²) < 4.78 is 4.20. The molecule has 0 saturated carbocycles. The molecule has 0 aromatic carbocycles. The number of Topliss-reactive ketones (excluding diaryl/α,β-unsaturated/α-hetero) is 1. The van der Waals surface area contributed by atoms with Crippen LogP contribution in [0.2, 0.25) is 0 Å². The average Bonchev–Trinajstić information content (AvgIpc) is 1.65. The molecule has 0 aliphatic heterocycles. The Hall–Kier alpha value is -0.860. The number of methoxy groups -OCH3 is 1. The van der Waals surface area contributed by atoms with Crippen molar-refractivity contribution in [2.75, 3.05) is 7.11 Å². The van der Waals surface area contributed by atoms with E-state index >= 15 is 0 Å². The number of hydrogen-bond donors (Lipinski definition) is 0. The van der Waals surface area contributed by atoms with Gasteiger partial charge in [-0.05, 0) is 6.92 Å². The van der Waals surface area contributed by atoms with Crippen LogP contribution < -0.4 is 0 Å². The lowest BCUT2D eigenvalue weighted by Crippen LogP contribution is -2.05. The first-order valence-corrected chi connectivity index (χ1v) is 2.23. The van der Waals surface area contributed by atoms with E-state index in [2.05, 4.69) is 4.74 Å². The number of carbonyl (C=O) groups is 2. The number of ketones is 1. The van der Waals surface area contributed by atoms with E-state index in [0.29, 0.717) is 0 Å². The van der Waals surface area contributed by atoms with Crippen LogP contribution in [0.5, 0.6) is 0 Å². The van der Waals surface area contributed by atoms with Gasteiger partial charge in [0.1, 0.15) is 12.2 Å². The number of esters is 1. The maximum absolute atomic E-state index is 10.2. The highest BCUT2D eigenvalue weighted by Gasteiger charge is 2.01. The molecule has 0 bridgehead atoms. The predicted octanol–water partition coefficient (Wildman–Crippen LogP) is 2.05. The van der Waals surface area contributed by atoms with Crippen molar-refractivity contribution in [2.24, 2.45) is 0 Å². The molecule has 3 heteroatoms. The summed E-state index contributed by atoms with van der Waals surface area (Å²) in [6.07, 6.45) is -0.115. The van der Waals surface area contributed by atoms with Crippen molar-refractivity contribution >= 4 is 11.8 Å². The first-order valence-electron chi connectivity index (χ1n) is 2.23. The number of rotatable bonds is 2. The van der Waals surface area contributed by atoms with Gasteiger partial charge in [-0.25, -0.2) is 0 Å². The Kier molecular flexibility index (Phi) is 24.3. The van der Waals surface area contributed by atoms with Crippen LogP contribution in [0, 0.1) is 0 Å². The Morgan fingerprint density at radius 1 is 1.18 bits per heavy atom. The number of ether oxygens (including phenoxy) is 1. The van der Waals surface area contributed by atoms with Crippen molar-refractivity contribution in [1.29, 1.82) is 0 Å². The van der Waals surface area contributed by atoms with E-state index in [9.17, 15) is 9.59 Å². The summed E-state index contributed by atoms with van der Waals surface area (Å²) >= 11 is 0. The zero-order chi connectivity index (χ0) is 6.57. The Morgan fingerprint density at radius 3 is 1.64 bits per heavy atom. The minimum atomic E-state index is -0.475. The fourth-order valence-electron chi connectivity index (χ4n) is 0.275. The minimum absolute atomic E-state index is 0. The fraction of sp³-hybridized carbons (Fsp3) is 0.750. The zero-order valence-corrected chi connectivity index (χ0v) is 4.93. The van der Waals surface area contributed by atoms with Gasteiger partial charge in [0.2, 0.25) is 0 Å². The van der Waals surface area contributed by atoms with Crippen LogP contribution in [0.25, 0.3) is 0 Å². The van der Waals surface area contributed by atoms with Crippen molar-refractivity contribution in [3.63, 3.8) is 0 Å². The molecule has 0 aliphatic rings. The summed E-state index contributed by atoms with van der Waals surface area (Å²) in [5.74, 6) is -0.644. The molecule has 0 aromatic heterocycles. The molecule has 0 unspecified atom stereocenters. The molecule has 0 amide bonds. The van der Waals surface area contributed by atoms with Gasteiger partial charge in [0.05, 0.1) is 7.11 Å². The highest BCUT2D eigenvalue weighted by atomic mass is 16.5. The third kappa shape index (κ3) is 17.6. The van der Waals surface area contributed by atoms with Crippen molar-refractivity contribution in [2.45, 2.75) is 35.6 Å². The van der Waals surface area contributed by atoms with Gasteiger partial charge < -0.3 is 4.74 Å². The van der Waals surface area contributed by atoms with Crippen molar-refractivity contribution in [1.82, 2.24) is 0 Å². The molecule has 0 aliphatic carbocycles. The Balaban J connectivity index is -0.0000000817. The maximum Gasteiger partial charge on any atom is 0.313 e. The summed E-state index contributed by atoms with van der Waals surface area (Å²) in [5, 5.41) is 0. The van der Waals surface area contributed by atoms with E-state index in [1.165, 1.54) is 14.0 Å². The largest absolute Gasteiger partial charge is 0.469 e. The Morgan fingerprint density at radius 2 is 1.55 bits per heavy atom. The molecule has 3 nitrogen and oxygen atoms in total. The lowest BCUT2D eigenvalue weighted by Gasteiger charge is -1.90. The van der Waals surface area contributed by atoms with Crippen molar-refractivity contribution in [3.05, 3.63) is 0 Å². The van der Waals surface area contributed by atoms with Crippen LogP contribution in [-0.2, 0) is 14.3 Å².